The molecule has 2 N–H and O–H groups in total. The molecular formula is C24H30ClN3O3. The van der Waals surface area contributed by atoms with E-state index in [1.165, 1.54) is 0 Å². The van der Waals surface area contributed by atoms with Gasteiger partial charge in [-0.1, -0.05) is 30.2 Å². The summed E-state index contributed by atoms with van der Waals surface area (Å²) in [6.45, 7) is 1.58. The Labute approximate surface area is 188 Å². The van der Waals surface area contributed by atoms with E-state index in [0.717, 1.165) is 43.5 Å². The second kappa shape index (κ2) is 11.2. The zero-order valence-electron chi connectivity index (χ0n) is 18.1. The van der Waals surface area contributed by atoms with Crippen molar-refractivity contribution in [3.8, 4) is 5.75 Å². The van der Waals surface area contributed by atoms with E-state index in [2.05, 4.69) is 15.5 Å². The third kappa shape index (κ3) is 6.97. The van der Waals surface area contributed by atoms with Crippen LogP contribution in [0.1, 0.15) is 37.3 Å². The van der Waals surface area contributed by atoms with Crippen molar-refractivity contribution in [2.45, 2.75) is 31.7 Å². The fraction of sp³-hybridized carbons (Fsp3) is 0.417. The summed E-state index contributed by atoms with van der Waals surface area (Å²) in [5.74, 6) is -0.260. The van der Waals surface area contributed by atoms with Crippen molar-refractivity contribution in [2.75, 3.05) is 32.6 Å². The minimum Gasteiger partial charge on any atom is -0.494 e. The van der Waals surface area contributed by atoms with Crippen LogP contribution in [0, 0.1) is 5.92 Å². The molecule has 1 fully saturated rings. The van der Waals surface area contributed by atoms with Crippen molar-refractivity contribution in [1.29, 1.82) is 0 Å². The lowest BCUT2D eigenvalue weighted by atomic mass is 9.77. The van der Waals surface area contributed by atoms with Crippen molar-refractivity contribution in [3.63, 3.8) is 0 Å². The Hall–Kier alpha value is -2.57. The molecule has 1 aliphatic rings. The Morgan fingerprint density at radius 2 is 1.74 bits per heavy atom. The number of anilines is 1. The van der Waals surface area contributed by atoms with Gasteiger partial charge in [0, 0.05) is 17.3 Å². The van der Waals surface area contributed by atoms with Crippen LogP contribution in [0.15, 0.2) is 48.5 Å². The molecule has 6 nitrogen and oxygen atoms in total. The van der Waals surface area contributed by atoms with Crippen LogP contribution in [0.3, 0.4) is 0 Å². The third-order valence-corrected chi connectivity index (χ3v) is 5.73. The molecule has 0 saturated heterocycles. The maximum Gasteiger partial charge on any atom is 0.313 e. The van der Waals surface area contributed by atoms with Gasteiger partial charge in [0.15, 0.2) is 0 Å². The first-order chi connectivity index (χ1) is 14.9. The molecule has 2 aromatic rings. The van der Waals surface area contributed by atoms with Crippen LogP contribution in [0.5, 0.6) is 5.75 Å². The number of benzene rings is 2. The fourth-order valence-corrected chi connectivity index (χ4v) is 3.64. The van der Waals surface area contributed by atoms with E-state index < -0.39 is 11.8 Å². The number of nitrogens with one attached hydrogen (secondary N) is 2. The van der Waals surface area contributed by atoms with Crippen LogP contribution < -0.4 is 15.4 Å². The van der Waals surface area contributed by atoms with Gasteiger partial charge in [0.05, 0.1) is 12.6 Å². The quantitative estimate of drug-likeness (QED) is 0.448. The van der Waals surface area contributed by atoms with E-state index in [-0.39, 0.29) is 6.04 Å². The van der Waals surface area contributed by atoms with Crippen molar-refractivity contribution >= 4 is 29.1 Å². The maximum atomic E-state index is 12.6. The third-order valence-electron chi connectivity index (χ3n) is 5.47. The molecule has 2 aromatic carbocycles. The van der Waals surface area contributed by atoms with Crippen LogP contribution in [0.25, 0.3) is 0 Å². The molecule has 31 heavy (non-hydrogen) atoms. The number of carbonyl (C=O) groups is 2. The minimum absolute atomic E-state index is 0.192. The largest absolute Gasteiger partial charge is 0.494 e. The highest BCUT2D eigenvalue weighted by molar-refractivity contribution is 6.39. The number of ether oxygens (including phenoxy) is 1. The van der Waals surface area contributed by atoms with Crippen LogP contribution >= 0.6 is 11.6 Å². The fourth-order valence-electron chi connectivity index (χ4n) is 3.52. The molecule has 0 aromatic heterocycles. The zero-order chi connectivity index (χ0) is 22.2. The van der Waals surface area contributed by atoms with Crippen LogP contribution in [0.4, 0.5) is 5.69 Å². The summed E-state index contributed by atoms with van der Waals surface area (Å²) in [5, 5.41) is 6.21. The lowest BCUT2D eigenvalue weighted by Gasteiger charge is -2.34. The molecule has 1 atom stereocenters. The predicted octanol–water partition coefficient (Wildman–Crippen LogP) is 4.27. The molecule has 0 heterocycles. The monoisotopic (exact) mass is 443 g/mol. The summed E-state index contributed by atoms with van der Waals surface area (Å²) in [7, 11) is 4.05. The number of nitrogens with zero attached hydrogens (tertiary/aromatic N) is 1. The zero-order valence-corrected chi connectivity index (χ0v) is 18.8. The molecule has 1 unspecified atom stereocenters. The van der Waals surface area contributed by atoms with Crippen LogP contribution in [-0.2, 0) is 9.59 Å². The number of hydrogen-bond donors (Lipinski definition) is 2. The molecule has 1 saturated carbocycles. The summed E-state index contributed by atoms with van der Waals surface area (Å²) in [6.07, 6.45) is 4.14. The Bertz CT molecular complexity index is 865. The first-order valence-electron chi connectivity index (χ1n) is 10.7. The Morgan fingerprint density at radius 3 is 2.32 bits per heavy atom. The summed E-state index contributed by atoms with van der Waals surface area (Å²) in [4.78, 5) is 27.1. The molecule has 0 radical (unpaired) electrons. The average Bonchev–Trinajstić information content (AvgIpc) is 2.71. The topological polar surface area (TPSA) is 70.7 Å². The second-order valence-corrected chi connectivity index (χ2v) is 8.61. The number of hydrogen-bond acceptors (Lipinski definition) is 4. The van der Waals surface area contributed by atoms with E-state index in [4.69, 9.17) is 16.3 Å². The lowest BCUT2D eigenvalue weighted by Crippen LogP contribution is -2.41. The van der Waals surface area contributed by atoms with Gasteiger partial charge in [-0.2, -0.15) is 0 Å². The van der Waals surface area contributed by atoms with E-state index >= 15 is 0 Å². The van der Waals surface area contributed by atoms with Crippen LogP contribution in [-0.4, -0.2) is 44.0 Å². The molecule has 0 spiro atoms. The highest BCUT2D eigenvalue weighted by Crippen LogP contribution is 2.38. The van der Waals surface area contributed by atoms with Gasteiger partial charge in [-0.15, -0.1) is 0 Å². The lowest BCUT2D eigenvalue weighted by molar-refractivity contribution is -0.137. The van der Waals surface area contributed by atoms with Gasteiger partial charge in [-0.25, -0.2) is 0 Å². The summed E-state index contributed by atoms with van der Waals surface area (Å²) in [5.41, 5.74) is 1.51. The molecule has 166 valence electrons. The summed E-state index contributed by atoms with van der Waals surface area (Å²) >= 11 is 5.99. The standard InChI is InChI=1S/C24H30ClN3O3/c1-28(2)15-4-16-31-21-13-11-20(12-14-21)26-23(29)24(30)27-22(17-5-3-6-17)18-7-9-19(25)10-8-18/h7-14,17,22H,3-6,15-16H2,1-2H3,(H,26,29)(H,27,30). The van der Waals surface area contributed by atoms with Gasteiger partial charge in [0.1, 0.15) is 5.75 Å². The highest BCUT2D eigenvalue weighted by Gasteiger charge is 2.31. The molecule has 2 amide bonds. The first-order valence-corrected chi connectivity index (χ1v) is 11.0. The number of carbonyl (C=O) groups excluding carboxylic acids is 2. The molecule has 3 rings (SSSR count). The Morgan fingerprint density at radius 1 is 1.06 bits per heavy atom. The van der Waals surface area contributed by atoms with Gasteiger partial charge in [0.2, 0.25) is 0 Å². The molecule has 0 bridgehead atoms. The first kappa shape index (κ1) is 23.1. The van der Waals surface area contributed by atoms with Gasteiger partial charge < -0.3 is 20.3 Å². The van der Waals surface area contributed by atoms with Crippen molar-refractivity contribution in [2.24, 2.45) is 5.92 Å². The molecule has 1 aliphatic carbocycles. The molecule has 7 heteroatoms. The maximum absolute atomic E-state index is 12.6. The normalized spacial score (nSPS) is 14.6. The van der Waals surface area contributed by atoms with Gasteiger partial charge in [-0.3, -0.25) is 9.59 Å². The summed E-state index contributed by atoms with van der Waals surface area (Å²) in [6, 6.07) is 14.3. The van der Waals surface area contributed by atoms with Crippen molar-refractivity contribution in [3.05, 3.63) is 59.1 Å². The second-order valence-electron chi connectivity index (χ2n) is 8.18. The summed E-state index contributed by atoms with van der Waals surface area (Å²) < 4.78 is 5.69. The van der Waals surface area contributed by atoms with E-state index in [0.29, 0.717) is 23.2 Å². The SMILES string of the molecule is CN(C)CCCOc1ccc(NC(=O)C(=O)NC(c2ccc(Cl)cc2)C2CCC2)cc1. The number of amides is 2. The van der Waals surface area contributed by atoms with Gasteiger partial charge in [-0.05, 0) is 81.2 Å². The molecular weight excluding hydrogens is 414 g/mol. The van der Waals surface area contributed by atoms with Gasteiger partial charge in [0.25, 0.3) is 0 Å². The smallest absolute Gasteiger partial charge is 0.313 e. The molecule has 0 aliphatic heterocycles. The number of rotatable bonds is 9. The van der Waals surface area contributed by atoms with Gasteiger partial charge >= 0.3 is 11.8 Å². The number of halogens is 1. The average molecular weight is 444 g/mol. The highest BCUT2D eigenvalue weighted by atomic mass is 35.5. The van der Waals surface area contributed by atoms with Crippen molar-refractivity contribution in [1.82, 2.24) is 10.2 Å². The van der Waals surface area contributed by atoms with E-state index in [9.17, 15) is 9.59 Å². The van der Waals surface area contributed by atoms with E-state index in [1.54, 1.807) is 36.4 Å². The predicted molar refractivity (Wildman–Crippen MR) is 123 cm³/mol. The van der Waals surface area contributed by atoms with Crippen molar-refractivity contribution < 1.29 is 14.3 Å². The Kier molecular flexibility index (Phi) is 8.32. The minimum atomic E-state index is -0.682. The van der Waals surface area contributed by atoms with Crippen LogP contribution in [0.2, 0.25) is 5.02 Å². The van der Waals surface area contributed by atoms with E-state index in [1.807, 2.05) is 26.2 Å². The Balaban J connectivity index is 1.53.